The van der Waals surface area contributed by atoms with Gasteiger partial charge in [0.2, 0.25) is 5.95 Å². The molecule has 2 aromatic carbocycles. The molecule has 12 heteroatoms. The van der Waals surface area contributed by atoms with Crippen LogP contribution in [0.2, 0.25) is 0 Å². The molecule has 10 nitrogen and oxygen atoms in total. The molecule has 3 heterocycles. The number of alkyl halides is 1. The van der Waals surface area contributed by atoms with Crippen molar-refractivity contribution in [2.24, 2.45) is 28.2 Å². The van der Waals surface area contributed by atoms with Gasteiger partial charge in [0, 0.05) is 51.0 Å². The first kappa shape index (κ1) is 33.7. The van der Waals surface area contributed by atoms with Gasteiger partial charge in [0.25, 0.3) is 5.56 Å². The molecule has 5 aliphatic rings. The minimum atomic E-state index is -0.441. The third-order valence-corrected chi connectivity index (χ3v) is 11.7. The normalized spacial score (nSPS) is 26.8. The molecule has 8 rings (SSSR count). The Morgan fingerprint density at radius 2 is 1.98 bits per heavy atom. The second-order valence-corrected chi connectivity index (χ2v) is 14.8. The molecule has 5 atom stereocenters. The number of morpholine rings is 1. The van der Waals surface area contributed by atoms with Crippen LogP contribution in [0, 0.1) is 29.0 Å². The number of fused-ring (bicyclic) bond motifs is 3. The topological polar surface area (TPSA) is 96.2 Å². The van der Waals surface area contributed by atoms with E-state index in [4.69, 9.17) is 19.5 Å². The number of piperazine rings is 1. The number of aliphatic imine (C=N–C) groups is 1. The van der Waals surface area contributed by atoms with Gasteiger partial charge >= 0.3 is 0 Å². The third-order valence-electron chi connectivity index (χ3n) is 11.7. The van der Waals surface area contributed by atoms with Crippen molar-refractivity contribution in [1.29, 1.82) is 0 Å². The molecule has 1 aromatic heterocycles. The highest BCUT2D eigenvalue weighted by Gasteiger charge is 2.56. The zero-order valence-corrected chi connectivity index (χ0v) is 29.1. The summed E-state index contributed by atoms with van der Waals surface area (Å²) in [6, 6.07) is 10.3. The number of aryl methyl sites for hydroxylation is 1. The number of rotatable bonds is 8. The second kappa shape index (κ2) is 13.9. The Hall–Kier alpha value is -3.77. The number of nitrogens with one attached hydrogen (secondary N) is 2. The fraction of sp³-hybridized carbons (Fsp3) is 0.595. The van der Waals surface area contributed by atoms with Crippen molar-refractivity contribution in [3.05, 3.63) is 58.1 Å². The van der Waals surface area contributed by atoms with Crippen molar-refractivity contribution in [1.82, 2.24) is 19.8 Å². The molecule has 3 aliphatic carbocycles. The molecular weight excluding hydrogens is 628 g/mol. The van der Waals surface area contributed by atoms with Crippen molar-refractivity contribution >= 4 is 28.5 Å². The first-order valence-corrected chi connectivity index (χ1v) is 17.7. The Labute approximate surface area is 286 Å². The molecular formula is C37H49F2N7O3. The average molecular weight is 678 g/mol. The van der Waals surface area contributed by atoms with Crippen LogP contribution < -0.4 is 25.8 Å². The van der Waals surface area contributed by atoms with E-state index in [0.29, 0.717) is 104 Å². The number of guanidine groups is 1. The maximum atomic E-state index is 14.8. The Kier molecular flexibility index (Phi) is 9.54. The van der Waals surface area contributed by atoms with E-state index in [-0.39, 0.29) is 30.0 Å². The average Bonchev–Trinajstić information content (AvgIpc) is 3.12. The molecule has 264 valence electrons. The van der Waals surface area contributed by atoms with Gasteiger partial charge in [-0.15, -0.1) is 0 Å². The highest BCUT2D eigenvalue weighted by molar-refractivity contribution is 5.96. The summed E-state index contributed by atoms with van der Waals surface area (Å²) < 4.78 is 41.1. The summed E-state index contributed by atoms with van der Waals surface area (Å²) in [5, 5.41) is 7.35. The van der Waals surface area contributed by atoms with Gasteiger partial charge in [0.15, 0.2) is 5.96 Å². The van der Waals surface area contributed by atoms with Crippen LogP contribution >= 0.6 is 0 Å². The molecule has 3 saturated carbocycles. The maximum Gasteiger partial charge on any atom is 0.262 e. The number of nitrogens with zero attached hydrogens (tertiary/aromatic N) is 5. The lowest BCUT2D eigenvalue weighted by molar-refractivity contribution is -0.108. The summed E-state index contributed by atoms with van der Waals surface area (Å²) in [6.45, 7) is 11.1. The predicted molar refractivity (Wildman–Crippen MR) is 189 cm³/mol. The maximum absolute atomic E-state index is 14.8. The van der Waals surface area contributed by atoms with Crippen molar-refractivity contribution < 1.29 is 18.3 Å². The number of anilines is 2. The minimum Gasteiger partial charge on any atom is -0.497 e. The number of halogens is 2. The van der Waals surface area contributed by atoms with Crippen LogP contribution in [0.25, 0.3) is 10.9 Å². The quantitative estimate of drug-likeness (QED) is 0.262. The summed E-state index contributed by atoms with van der Waals surface area (Å²) in [7, 11) is 1.50. The highest BCUT2D eigenvalue weighted by atomic mass is 19.1. The minimum absolute atomic E-state index is 0.174. The van der Waals surface area contributed by atoms with Crippen molar-refractivity contribution in [3.8, 4) is 5.75 Å². The van der Waals surface area contributed by atoms with Crippen LogP contribution in [0.3, 0.4) is 0 Å². The molecule has 0 unspecified atom stereocenters. The number of benzene rings is 2. The molecule has 3 aromatic rings. The van der Waals surface area contributed by atoms with E-state index in [1.54, 1.807) is 22.8 Å². The number of ether oxygens (including phenoxy) is 2. The Bertz CT molecular complexity index is 1760. The van der Waals surface area contributed by atoms with Gasteiger partial charge in [-0.2, -0.15) is 0 Å². The van der Waals surface area contributed by atoms with Crippen LogP contribution in [0.15, 0.2) is 46.2 Å². The van der Waals surface area contributed by atoms with Crippen molar-refractivity contribution in [3.63, 3.8) is 0 Å². The highest BCUT2D eigenvalue weighted by Crippen LogP contribution is 2.61. The van der Waals surface area contributed by atoms with E-state index >= 15 is 0 Å². The summed E-state index contributed by atoms with van der Waals surface area (Å²) in [5.74, 6) is 3.14. The summed E-state index contributed by atoms with van der Waals surface area (Å²) in [6.07, 6.45) is 2.65. The summed E-state index contributed by atoms with van der Waals surface area (Å²) in [4.78, 5) is 28.7. The van der Waals surface area contributed by atoms with Gasteiger partial charge in [-0.05, 0) is 72.3 Å². The molecule has 2 bridgehead atoms. The van der Waals surface area contributed by atoms with Crippen molar-refractivity contribution in [2.75, 3.05) is 69.9 Å². The smallest absolute Gasteiger partial charge is 0.262 e. The summed E-state index contributed by atoms with van der Waals surface area (Å²) >= 11 is 0. The zero-order valence-electron chi connectivity index (χ0n) is 29.1. The van der Waals surface area contributed by atoms with Crippen LogP contribution in [0.1, 0.15) is 39.2 Å². The number of hydrogen-bond donors (Lipinski definition) is 2. The SMILES string of the molecule is COc1ccc(CCn2c(N3CCOCC3)nc3cc(NC(=N[C@H]4C[C@@H]5C[C@@H]([C@H]4C)C5(C)C)N4CCN[C@@H](CF)C4)ccc3c2=O)c(F)c1. The Morgan fingerprint density at radius 3 is 2.69 bits per heavy atom. The molecule has 49 heavy (non-hydrogen) atoms. The standard InChI is InChI=1S/C37H49F2N7O3/c1-23-30-17-25(37(30,2)3)18-32(23)42-35(45-12-10-40-27(21-38)22-45)41-26-6-8-29-33(19-26)43-36(44-13-15-49-16-14-44)46(34(29)47)11-9-24-5-7-28(48-4)20-31(24)39/h5-8,19-20,23,25,27,30,32,40H,9-18,21-22H2,1-4H3,(H,41,42)/t23-,25+,27+,30+,32+/m1/s1. The molecule has 5 fully saturated rings. The van der Waals surface area contributed by atoms with Crippen LogP contribution in [0.5, 0.6) is 5.75 Å². The molecule has 2 N–H and O–H groups in total. The van der Waals surface area contributed by atoms with Gasteiger partial charge in [-0.25, -0.2) is 18.8 Å². The Morgan fingerprint density at radius 1 is 1.16 bits per heavy atom. The second-order valence-electron chi connectivity index (χ2n) is 14.8. The van der Waals surface area contributed by atoms with Gasteiger partial charge < -0.3 is 29.9 Å². The number of hydrogen-bond acceptors (Lipinski definition) is 7. The summed E-state index contributed by atoms with van der Waals surface area (Å²) in [5.41, 5.74) is 2.02. The molecule has 0 radical (unpaired) electrons. The van der Waals surface area contributed by atoms with E-state index in [0.717, 1.165) is 18.1 Å². The van der Waals surface area contributed by atoms with Crippen LogP contribution in [-0.2, 0) is 17.7 Å². The van der Waals surface area contributed by atoms with Crippen LogP contribution in [0.4, 0.5) is 20.4 Å². The fourth-order valence-corrected chi connectivity index (χ4v) is 8.48. The van der Waals surface area contributed by atoms with E-state index in [1.807, 2.05) is 12.1 Å². The monoisotopic (exact) mass is 677 g/mol. The lowest BCUT2D eigenvalue weighted by Crippen LogP contribution is -2.58. The molecule has 0 spiro atoms. The number of methoxy groups -OCH3 is 1. The van der Waals surface area contributed by atoms with E-state index < -0.39 is 6.67 Å². The first-order chi connectivity index (χ1) is 23.7. The lowest BCUT2D eigenvalue weighted by atomic mass is 9.45. The van der Waals surface area contributed by atoms with E-state index in [9.17, 15) is 13.6 Å². The van der Waals surface area contributed by atoms with Gasteiger partial charge in [-0.3, -0.25) is 9.36 Å². The van der Waals surface area contributed by atoms with E-state index in [2.05, 4.69) is 41.2 Å². The largest absolute Gasteiger partial charge is 0.497 e. The third kappa shape index (κ3) is 6.61. The molecule has 2 saturated heterocycles. The van der Waals surface area contributed by atoms with Crippen molar-refractivity contribution in [2.45, 2.75) is 58.7 Å². The van der Waals surface area contributed by atoms with Crippen LogP contribution in [-0.4, -0.2) is 92.2 Å². The van der Waals surface area contributed by atoms with Gasteiger partial charge in [0.1, 0.15) is 18.2 Å². The zero-order chi connectivity index (χ0) is 34.3. The Balaban J connectivity index is 1.21. The molecule has 0 amide bonds. The number of aromatic nitrogens is 2. The lowest BCUT2D eigenvalue weighted by Gasteiger charge is -2.61. The predicted octanol–water partition coefficient (Wildman–Crippen LogP) is 4.71. The van der Waals surface area contributed by atoms with Gasteiger partial charge in [0.05, 0.1) is 43.3 Å². The van der Waals surface area contributed by atoms with Gasteiger partial charge in [-0.1, -0.05) is 26.8 Å². The molecule has 2 aliphatic heterocycles. The van der Waals surface area contributed by atoms with E-state index in [1.165, 1.54) is 19.6 Å². The first-order valence-electron chi connectivity index (χ1n) is 17.7. The fourth-order valence-electron chi connectivity index (χ4n) is 8.48.